The number of rotatable bonds is 4. The molecule has 0 radical (unpaired) electrons. The van der Waals surface area contributed by atoms with Crippen LogP contribution in [0.5, 0.6) is 11.5 Å². The van der Waals surface area contributed by atoms with Crippen molar-refractivity contribution in [3.63, 3.8) is 0 Å². The summed E-state index contributed by atoms with van der Waals surface area (Å²) in [6, 6.07) is 5.61. The number of aliphatic hydroxyl groups excluding tert-OH is 1. The van der Waals surface area contributed by atoms with Crippen molar-refractivity contribution in [2.45, 2.75) is 32.3 Å². The molecule has 1 N–H and O–H groups in total. The lowest BCUT2D eigenvalue weighted by atomic mass is 10.0. The van der Waals surface area contributed by atoms with E-state index in [0.717, 1.165) is 36.3 Å². The van der Waals surface area contributed by atoms with Gasteiger partial charge < -0.3 is 14.6 Å². The van der Waals surface area contributed by atoms with Gasteiger partial charge in [-0.1, -0.05) is 25.8 Å². The summed E-state index contributed by atoms with van der Waals surface area (Å²) in [5.41, 5.74) is 0.910. The molecule has 2 rings (SSSR count). The third-order valence-electron chi connectivity index (χ3n) is 2.61. The zero-order valence-corrected chi connectivity index (χ0v) is 8.90. The summed E-state index contributed by atoms with van der Waals surface area (Å²) in [6.45, 7) is 2.40. The van der Waals surface area contributed by atoms with Crippen molar-refractivity contribution in [2.24, 2.45) is 0 Å². The van der Waals surface area contributed by atoms with E-state index in [-0.39, 0.29) is 12.9 Å². The SMILES string of the molecule is CCCCC(O)c1ccc2c(c1)OCO2. The second-order valence-electron chi connectivity index (χ2n) is 3.77. The third-order valence-corrected chi connectivity index (χ3v) is 2.61. The summed E-state index contributed by atoms with van der Waals surface area (Å²) in [6.07, 6.45) is 2.55. The van der Waals surface area contributed by atoms with Crippen molar-refractivity contribution in [3.05, 3.63) is 23.8 Å². The van der Waals surface area contributed by atoms with E-state index in [1.165, 1.54) is 0 Å². The van der Waals surface area contributed by atoms with E-state index in [2.05, 4.69) is 6.92 Å². The van der Waals surface area contributed by atoms with Crippen LogP contribution in [0.1, 0.15) is 37.9 Å². The Hall–Kier alpha value is -1.22. The second-order valence-corrected chi connectivity index (χ2v) is 3.77. The van der Waals surface area contributed by atoms with Crippen molar-refractivity contribution in [1.29, 1.82) is 0 Å². The molecule has 0 saturated carbocycles. The molecule has 0 bridgehead atoms. The average molecular weight is 208 g/mol. The Kier molecular flexibility index (Phi) is 3.11. The number of benzene rings is 1. The van der Waals surface area contributed by atoms with Crippen molar-refractivity contribution >= 4 is 0 Å². The van der Waals surface area contributed by atoms with Gasteiger partial charge in [-0.25, -0.2) is 0 Å². The summed E-state index contributed by atoms with van der Waals surface area (Å²) >= 11 is 0. The molecule has 1 atom stereocenters. The zero-order chi connectivity index (χ0) is 10.7. The van der Waals surface area contributed by atoms with Crippen LogP contribution in [0.3, 0.4) is 0 Å². The number of hydrogen-bond donors (Lipinski definition) is 1. The van der Waals surface area contributed by atoms with Crippen LogP contribution in [0.2, 0.25) is 0 Å². The maximum Gasteiger partial charge on any atom is 0.231 e. The molecule has 1 aliphatic rings. The number of aliphatic hydroxyl groups is 1. The molecule has 0 amide bonds. The summed E-state index contributed by atoms with van der Waals surface area (Å²) in [5, 5.41) is 9.89. The van der Waals surface area contributed by atoms with Crippen LogP contribution in [0.15, 0.2) is 18.2 Å². The highest BCUT2D eigenvalue weighted by molar-refractivity contribution is 5.44. The molecule has 0 aromatic heterocycles. The lowest BCUT2D eigenvalue weighted by molar-refractivity contribution is 0.162. The van der Waals surface area contributed by atoms with Crippen LogP contribution in [0, 0.1) is 0 Å². The van der Waals surface area contributed by atoms with E-state index in [1.807, 2.05) is 18.2 Å². The van der Waals surface area contributed by atoms with Gasteiger partial charge in [-0.05, 0) is 24.1 Å². The minimum absolute atomic E-state index is 0.282. The molecule has 1 unspecified atom stereocenters. The topological polar surface area (TPSA) is 38.7 Å². The molecule has 3 heteroatoms. The number of hydrogen-bond acceptors (Lipinski definition) is 3. The molecule has 0 aliphatic carbocycles. The highest BCUT2D eigenvalue weighted by Gasteiger charge is 2.16. The normalized spacial score (nSPS) is 15.3. The Labute approximate surface area is 89.6 Å². The fourth-order valence-electron chi connectivity index (χ4n) is 1.68. The van der Waals surface area contributed by atoms with E-state index >= 15 is 0 Å². The van der Waals surface area contributed by atoms with Crippen LogP contribution in [-0.2, 0) is 0 Å². The van der Waals surface area contributed by atoms with Crippen LogP contribution >= 0.6 is 0 Å². The monoisotopic (exact) mass is 208 g/mol. The van der Waals surface area contributed by atoms with Gasteiger partial charge in [0.05, 0.1) is 6.10 Å². The highest BCUT2D eigenvalue weighted by Crippen LogP contribution is 2.34. The molecular weight excluding hydrogens is 192 g/mol. The first-order valence-electron chi connectivity index (χ1n) is 5.39. The standard InChI is InChI=1S/C12H16O3/c1-2-3-4-10(13)9-5-6-11-12(7-9)15-8-14-11/h5-7,10,13H,2-4,8H2,1H3. The fraction of sp³-hybridized carbons (Fsp3) is 0.500. The predicted octanol–water partition coefficient (Wildman–Crippen LogP) is 2.64. The summed E-state index contributed by atoms with van der Waals surface area (Å²) in [5.74, 6) is 1.50. The molecular formula is C12H16O3. The predicted molar refractivity (Wildman–Crippen MR) is 57.0 cm³/mol. The lowest BCUT2D eigenvalue weighted by Crippen LogP contribution is -1.97. The minimum atomic E-state index is -0.389. The Morgan fingerprint density at radius 1 is 1.33 bits per heavy atom. The molecule has 1 heterocycles. The Morgan fingerprint density at radius 2 is 2.13 bits per heavy atom. The molecule has 1 aliphatic heterocycles. The van der Waals surface area contributed by atoms with Gasteiger partial charge in [-0.3, -0.25) is 0 Å². The molecule has 0 fully saturated rings. The maximum absolute atomic E-state index is 9.89. The highest BCUT2D eigenvalue weighted by atomic mass is 16.7. The first-order valence-corrected chi connectivity index (χ1v) is 5.39. The quantitative estimate of drug-likeness (QED) is 0.826. The van der Waals surface area contributed by atoms with Gasteiger partial charge in [0.1, 0.15) is 0 Å². The first-order chi connectivity index (χ1) is 7.31. The van der Waals surface area contributed by atoms with Crippen LogP contribution < -0.4 is 9.47 Å². The fourth-order valence-corrected chi connectivity index (χ4v) is 1.68. The van der Waals surface area contributed by atoms with Gasteiger partial charge in [-0.15, -0.1) is 0 Å². The first kappa shape index (κ1) is 10.3. The summed E-state index contributed by atoms with van der Waals surface area (Å²) in [7, 11) is 0. The number of ether oxygens (including phenoxy) is 2. The number of unbranched alkanes of at least 4 members (excludes halogenated alkanes) is 1. The van der Waals surface area contributed by atoms with E-state index in [1.54, 1.807) is 0 Å². The zero-order valence-electron chi connectivity index (χ0n) is 8.90. The molecule has 3 nitrogen and oxygen atoms in total. The molecule has 15 heavy (non-hydrogen) atoms. The Balaban J connectivity index is 2.08. The van der Waals surface area contributed by atoms with Gasteiger partial charge in [-0.2, -0.15) is 0 Å². The molecule has 82 valence electrons. The van der Waals surface area contributed by atoms with E-state index in [0.29, 0.717) is 0 Å². The van der Waals surface area contributed by atoms with Crippen LogP contribution in [0.25, 0.3) is 0 Å². The van der Waals surface area contributed by atoms with Crippen molar-refractivity contribution in [2.75, 3.05) is 6.79 Å². The Bertz CT molecular complexity index is 336. The maximum atomic E-state index is 9.89. The van der Waals surface area contributed by atoms with E-state index < -0.39 is 0 Å². The molecule has 0 spiro atoms. The average Bonchev–Trinajstić information content (AvgIpc) is 2.72. The lowest BCUT2D eigenvalue weighted by Gasteiger charge is -2.10. The summed E-state index contributed by atoms with van der Waals surface area (Å²) in [4.78, 5) is 0. The van der Waals surface area contributed by atoms with Gasteiger partial charge in [0.15, 0.2) is 11.5 Å². The van der Waals surface area contributed by atoms with Gasteiger partial charge in [0.25, 0.3) is 0 Å². The van der Waals surface area contributed by atoms with Gasteiger partial charge >= 0.3 is 0 Å². The second kappa shape index (κ2) is 4.53. The van der Waals surface area contributed by atoms with Gasteiger partial charge in [0, 0.05) is 0 Å². The van der Waals surface area contributed by atoms with E-state index in [4.69, 9.17) is 9.47 Å². The van der Waals surface area contributed by atoms with Crippen LogP contribution in [0.4, 0.5) is 0 Å². The smallest absolute Gasteiger partial charge is 0.231 e. The van der Waals surface area contributed by atoms with Gasteiger partial charge in [0.2, 0.25) is 6.79 Å². The molecule has 0 saturated heterocycles. The Morgan fingerprint density at radius 3 is 2.93 bits per heavy atom. The third kappa shape index (κ3) is 2.23. The van der Waals surface area contributed by atoms with Crippen molar-refractivity contribution in [3.8, 4) is 11.5 Å². The minimum Gasteiger partial charge on any atom is -0.454 e. The van der Waals surface area contributed by atoms with Crippen LogP contribution in [-0.4, -0.2) is 11.9 Å². The van der Waals surface area contributed by atoms with Crippen molar-refractivity contribution < 1.29 is 14.6 Å². The largest absolute Gasteiger partial charge is 0.454 e. The molecule has 1 aromatic rings. The number of fused-ring (bicyclic) bond motifs is 1. The molecule has 1 aromatic carbocycles. The van der Waals surface area contributed by atoms with E-state index in [9.17, 15) is 5.11 Å². The van der Waals surface area contributed by atoms with Crippen molar-refractivity contribution in [1.82, 2.24) is 0 Å². The summed E-state index contributed by atoms with van der Waals surface area (Å²) < 4.78 is 10.5.